The van der Waals surface area contributed by atoms with Crippen molar-refractivity contribution in [2.45, 2.75) is 18.9 Å². The van der Waals surface area contributed by atoms with Gasteiger partial charge in [0.05, 0.1) is 6.04 Å². The number of hydrogen-bond donors (Lipinski definition) is 0. The van der Waals surface area contributed by atoms with Crippen LogP contribution in [0.3, 0.4) is 0 Å². The molecule has 0 radical (unpaired) electrons. The number of carbonyl (C=O) groups is 2. The van der Waals surface area contributed by atoms with Crippen LogP contribution < -0.4 is 0 Å². The van der Waals surface area contributed by atoms with Gasteiger partial charge in [-0.2, -0.15) is 0 Å². The van der Waals surface area contributed by atoms with Crippen LogP contribution in [0.5, 0.6) is 0 Å². The molecule has 4 heteroatoms. The van der Waals surface area contributed by atoms with E-state index in [0.29, 0.717) is 26.0 Å². The van der Waals surface area contributed by atoms with Crippen LogP contribution >= 0.6 is 0 Å². The van der Waals surface area contributed by atoms with E-state index in [1.807, 2.05) is 0 Å². The summed E-state index contributed by atoms with van der Waals surface area (Å²) in [5, 5.41) is 0. The average Bonchev–Trinajstić information content (AvgIpc) is 2.32. The zero-order valence-electron chi connectivity index (χ0n) is 6.08. The van der Waals surface area contributed by atoms with Crippen molar-refractivity contribution in [2.75, 3.05) is 13.2 Å². The Morgan fingerprint density at radius 3 is 3.09 bits per heavy atom. The SMILES string of the molecule is O=C1CCN2C(=O)OC[C@H]2C1. The first-order chi connectivity index (χ1) is 5.27. The molecule has 2 heterocycles. The molecule has 60 valence electrons. The molecule has 2 aliphatic heterocycles. The minimum Gasteiger partial charge on any atom is -0.447 e. The van der Waals surface area contributed by atoms with Crippen molar-refractivity contribution in [3.8, 4) is 0 Å². The smallest absolute Gasteiger partial charge is 0.410 e. The number of fused-ring (bicyclic) bond motifs is 1. The van der Waals surface area contributed by atoms with E-state index in [2.05, 4.69) is 0 Å². The van der Waals surface area contributed by atoms with Crippen LogP contribution in [0.15, 0.2) is 0 Å². The maximum Gasteiger partial charge on any atom is 0.410 e. The number of rotatable bonds is 0. The lowest BCUT2D eigenvalue weighted by atomic mass is 10.0. The molecule has 0 aromatic carbocycles. The highest BCUT2D eigenvalue weighted by Gasteiger charge is 2.37. The molecule has 4 nitrogen and oxygen atoms in total. The molecule has 0 N–H and O–H groups in total. The Labute approximate surface area is 64.1 Å². The second kappa shape index (κ2) is 2.22. The van der Waals surface area contributed by atoms with Gasteiger partial charge in [-0.15, -0.1) is 0 Å². The van der Waals surface area contributed by atoms with Crippen LogP contribution in [0, 0.1) is 0 Å². The lowest BCUT2D eigenvalue weighted by Crippen LogP contribution is -2.41. The lowest BCUT2D eigenvalue weighted by molar-refractivity contribution is -0.121. The van der Waals surface area contributed by atoms with Gasteiger partial charge in [-0.05, 0) is 0 Å². The van der Waals surface area contributed by atoms with Gasteiger partial charge in [0.15, 0.2) is 0 Å². The van der Waals surface area contributed by atoms with E-state index in [1.54, 1.807) is 4.90 Å². The van der Waals surface area contributed by atoms with E-state index >= 15 is 0 Å². The largest absolute Gasteiger partial charge is 0.447 e. The number of carbonyl (C=O) groups excluding carboxylic acids is 2. The summed E-state index contributed by atoms with van der Waals surface area (Å²) < 4.78 is 4.78. The molecular weight excluding hydrogens is 146 g/mol. The van der Waals surface area contributed by atoms with E-state index in [-0.39, 0.29) is 17.9 Å². The Bertz CT molecular complexity index is 214. The lowest BCUT2D eigenvalue weighted by Gasteiger charge is -2.24. The highest BCUT2D eigenvalue weighted by molar-refractivity contribution is 5.83. The third-order valence-corrected chi connectivity index (χ3v) is 2.17. The van der Waals surface area contributed by atoms with Crippen molar-refractivity contribution >= 4 is 11.9 Å². The first-order valence-electron chi connectivity index (χ1n) is 3.72. The molecule has 1 atom stereocenters. The summed E-state index contributed by atoms with van der Waals surface area (Å²) in [6.45, 7) is 0.937. The monoisotopic (exact) mass is 155 g/mol. The second-order valence-electron chi connectivity index (χ2n) is 2.92. The first kappa shape index (κ1) is 6.64. The third kappa shape index (κ3) is 0.982. The molecule has 2 saturated heterocycles. The van der Waals surface area contributed by atoms with E-state index < -0.39 is 0 Å². The molecule has 11 heavy (non-hydrogen) atoms. The van der Waals surface area contributed by atoms with Gasteiger partial charge in [0.25, 0.3) is 0 Å². The van der Waals surface area contributed by atoms with Gasteiger partial charge < -0.3 is 9.64 Å². The van der Waals surface area contributed by atoms with Crippen molar-refractivity contribution in [1.82, 2.24) is 4.90 Å². The quantitative estimate of drug-likeness (QED) is 0.501. The molecule has 0 aliphatic carbocycles. The van der Waals surface area contributed by atoms with Gasteiger partial charge in [0.1, 0.15) is 12.4 Å². The Balaban J connectivity index is 2.11. The molecule has 0 unspecified atom stereocenters. The molecule has 0 spiro atoms. The average molecular weight is 155 g/mol. The predicted molar refractivity (Wildman–Crippen MR) is 36.1 cm³/mol. The maximum absolute atomic E-state index is 10.9. The van der Waals surface area contributed by atoms with Crippen LogP contribution in [0.25, 0.3) is 0 Å². The molecule has 0 aromatic rings. The number of piperidine rings is 1. The number of hydrogen-bond acceptors (Lipinski definition) is 3. The summed E-state index contributed by atoms with van der Waals surface area (Å²) in [5.41, 5.74) is 0. The van der Waals surface area contributed by atoms with Crippen molar-refractivity contribution in [1.29, 1.82) is 0 Å². The van der Waals surface area contributed by atoms with Crippen LogP contribution in [-0.4, -0.2) is 36.0 Å². The highest BCUT2D eigenvalue weighted by Crippen LogP contribution is 2.20. The van der Waals surface area contributed by atoms with Crippen molar-refractivity contribution in [3.63, 3.8) is 0 Å². The predicted octanol–water partition coefficient (Wildman–Crippen LogP) is 0.170. The molecule has 2 rings (SSSR count). The Morgan fingerprint density at radius 2 is 2.27 bits per heavy atom. The standard InChI is InChI=1S/C7H9NO3/c9-6-1-2-8-5(3-6)4-11-7(8)10/h5H,1-4H2/t5-/m1/s1. The second-order valence-corrected chi connectivity index (χ2v) is 2.92. The zero-order chi connectivity index (χ0) is 7.84. The van der Waals surface area contributed by atoms with E-state index in [0.717, 1.165) is 0 Å². The van der Waals surface area contributed by atoms with Crippen molar-refractivity contribution in [2.24, 2.45) is 0 Å². The Morgan fingerprint density at radius 1 is 1.45 bits per heavy atom. The van der Waals surface area contributed by atoms with Crippen LogP contribution in [0.4, 0.5) is 4.79 Å². The molecule has 0 aromatic heterocycles. The number of ether oxygens (including phenoxy) is 1. The third-order valence-electron chi connectivity index (χ3n) is 2.17. The van der Waals surface area contributed by atoms with Gasteiger partial charge in [0, 0.05) is 19.4 Å². The molecule has 0 saturated carbocycles. The van der Waals surface area contributed by atoms with Gasteiger partial charge >= 0.3 is 6.09 Å². The van der Waals surface area contributed by atoms with E-state index in [1.165, 1.54) is 0 Å². The Kier molecular flexibility index (Phi) is 1.34. The molecular formula is C7H9NO3. The normalized spacial score (nSPS) is 30.2. The first-order valence-corrected chi connectivity index (χ1v) is 3.72. The molecule has 2 aliphatic rings. The molecule has 2 fully saturated rings. The van der Waals surface area contributed by atoms with Crippen LogP contribution in [-0.2, 0) is 9.53 Å². The fourth-order valence-corrected chi connectivity index (χ4v) is 1.54. The van der Waals surface area contributed by atoms with Gasteiger partial charge in [-0.3, -0.25) is 4.79 Å². The van der Waals surface area contributed by atoms with Crippen LogP contribution in [0.1, 0.15) is 12.8 Å². The summed E-state index contributed by atoms with van der Waals surface area (Å²) in [7, 11) is 0. The number of ketones is 1. The van der Waals surface area contributed by atoms with E-state index in [4.69, 9.17) is 4.74 Å². The number of nitrogens with zero attached hydrogens (tertiary/aromatic N) is 1. The van der Waals surface area contributed by atoms with Gasteiger partial charge in [0.2, 0.25) is 0 Å². The maximum atomic E-state index is 10.9. The summed E-state index contributed by atoms with van der Waals surface area (Å²) in [5.74, 6) is 0.240. The molecule has 1 amide bonds. The highest BCUT2D eigenvalue weighted by atomic mass is 16.6. The minimum absolute atomic E-state index is 0.0312. The topological polar surface area (TPSA) is 46.6 Å². The summed E-state index contributed by atoms with van der Waals surface area (Å²) in [6, 6.07) is 0.0312. The fourth-order valence-electron chi connectivity index (χ4n) is 1.54. The fraction of sp³-hybridized carbons (Fsp3) is 0.714. The van der Waals surface area contributed by atoms with Gasteiger partial charge in [-0.1, -0.05) is 0 Å². The van der Waals surface area contributed by atoms with Crippen molar-refractivity contribution in [3.05, 3.63) is 0 Å². The Hall–Kier alpha value is -1.06. The molecule has 0 bridgehead atoms. The zero-order valence-corrected chi connectivity index (χ0v) is 6.08. The summed E-state index contributed by atoms with van der Waals surface area (Å²) in [6.07, 6.45) is 0.708. The minimum atomic E-state index is -0.262. The number of Topliss-reactive ketones (excluding diaryl/α,β-unsaturated/α-hetero) is 1. The number of amides is 1. The number of cyclic esters (lactones) is 1. The van der Waals surface area contributed by atoms with Gasteiger partial charge in [-0.25, -0.2) is 4.79 Å². The van der Waals surface area contributed by atoms with Crippen LogP contribution in [0.2, 0.25) is 0 Å². The summed E-state index contributed by atoms with van der Waals surface area (Å²) in [4.78, 5) is 23.5. The van der Waals surface area contributed by atoms with E-state index in [9.17, 15) is 9.59 Å². The summed E-state index contributed by atoms with van der Waals surface area (Å²) >= 11 is 0. The van der Waals surface area contributed by atoms with Crippen molar-refractivity contribution < 1.29 is 14.3 Å².